The van der Waals surface area contributed by atoms with E-state index < -0.39 is 5.92 Å². The van der Waals surface area contributed by atoms with Crippen molar-refractivity contribution >= 4 is 22.5 Å². The predicted octanol–water partition coefficient (Wildman–Crippen LogP) is 3.50. The van der Waals surface area contributed by atoms with Crippen LogP contribution in [0.5, 0.6) is 0 Å². The Hall–Kier alpha value is -2.21. The molecule has 1 aliphatic rings. The Kier molecular flexibility index (Phi) is 4.66. The molecule has 0 saturated carbocycles. The molecule has 1 amide bonds. The summed E-state index contributed by atoms with van der Waals surface area (Å²) in [5.74, 6) is -2.76. The fraction of sp³-hybridized carbons (Fsp3) is 0.389. The van der Waals surface area contributed by atoms with Crippen molar-refractivity contribution in [3.05, 3.63) is 43.1 Å². The summed E-state index contributed by atoms with van der Waals surface area (Å²) in [4.78, 5) is 13.2. The summed E-state index contributed by atoms with van der Waals surface area (Å²) < 4.78 is 28.5. The number of anilines is 1. The van der Waals surface area contributed by atoms with Crippen molar-refractivity contribution in [3.63, 3.8) is 0 Å². The van der Waals surface area contributed by atoms with Gasteiger partial charge in [0, 0.05) is 48.8 Å². The maximum Gasteiger partial charge on any atom is 0.261 e. The van der Waals surface area contributed by atoms with Gasteiger partial charge in [0.25, 0.3) is 5.92 Å². The molecule has 1 aromatic carbocycles. The molecule has 2 heterocycles. The van der Waals surface area contributed by atoms with Crippen LogP contribution >= 0.6 is 0 Å². The van der Waals surface area contributed by atoms with Gasteiger partial charge in [0.05, 0.1) is 6.54 Å². The molecule has 0 aliphatic carbocycles. The lowest BCUT2D eigenvalue weighted by atomic mass is 10.2. The zero-order valence-corrected chi connectivity index (χ0v) is 13.5. The molecule has 0 unspecified atom stereocenters. The van der Waals surface area contributed by atoms with Crippen LogP contribution in [0.4, 0.5) is 14.5 Å². The van der Waals surface area contributed by atoms with Crippen molar-refractivity contribution in [2.75, 3.05) is 25.0 Å². The zero-order chi connectivity index (χ0) is 17.2. The van der Waals surface area contributed by atoms with Gasteiger partial charge in [0.1, 0.15) is 0 Å². The Morgan fingerprint density at radius 1 is 1.33 bits per heavy atom. The summed E-state index contributed by atoms with van der Waals surface area (Å²) in [5, 5.41) is 3.77. The number of carbonyl (C=O) groups is 1. The van der Waals surface area contributed by atoms with Crippen molar-refractivity contribution < 1.29 is 13.6 Å². The van der Waals surface area contributed by atoms with Crippen molar-refractivity contribution in [2.45, 2.75) is 25.3 Å². The van der Waals surface area contributed by atoms with E-state index in [0.717, 1.165) is 29.6 Å². The van der Waals surface area contributed by atoms with Crippen molar-refractivity contribution in [1.82, 2.24) is 9.47 Å². The number of halogens is 2. The van der Waals surface area contributed by atoms with E-state index in [0.29, 0.717) is 13.1 Å². The van der Waals surface area contributed by atoms with E-state index in [1.807, 2.05) is 35.4 Å². The third-order valence-electron chi connectivity index (χ3n) is 4.35. The normalized spacial score (nSPS) is 17.2. The van der Waals surface area contributed by atoms with Crippen LogP contribution in [-0.4, -0.2) is 40.9 Å². The Labute approximate surface area is 139 Å². The summed E-state index contributed by atoms with van der Waals surface area (Å²) in [6.45, 7) is 5.26. The highest BCUT2D eigenvalue weighted by molar-refractivity contribution is 6.00. The zero-order valence-electron chi connectivity index (χ0n) is 13.5. The molecular formula is C18H21F2N3O. The van der Waals surface area contributed by atoms with Crippen LogP contribution < -0.4 is 5.32 Å². The van der Waals surface area contributed by atoms with Gasteiger partial charge in [-0.05, 0) is 36.8 Å². The Bertz CT molecular complexity index is 754. The molecule has 6 heteroatoms. The summed E-state index contributed by atoms with van der Waals surface area (Å²) >= 11 is 0. The first-order valence-electron chi connectivity index (χ1n) is 8.09. The number of likely N-dealkylation sites (tertiary alicyclic amines) is 1. The number of nitrogens with one attached hydrogen (secondary N) is 1. The number of nitrogens with zero attached hydrogens (tertiary/aromatic N) is 2. The summed E-state index contributed by atoms with van der Waals surface area (Å²) in [7, 11) is 0. The average molecular weight is 333 g/mol. The fourth-order valence-corrected chi connectivity index (χ4v) is 3.13. The average Bonchev–Trinajstić information content (AvgIpc) is 3.10. The molecule has 1 aromatic heterocycles. The lowest BCUT2D eigenvalue weighted by molar-refractivity contribution is -0.111. The smallest absolute Gasteiger partial charge is 0.261 e. The first-order chi connectivity index (χ1) is 11.5. The van der Waals surface area contributed by atoms with Crippen LogP contribution in [0, 0.1) is 0 Å². The highest BCUT2D eigenvalue weighted by atomic mass is 19.3. The second-order valence-electron chi connectivity index (χ2n) is 6.21. The van der Waals surface area contributed by atoms with Crippen LogP contribution in [0.15, 0.2) is 43.1 Å². The number of fused-ring (bicyclic) bond motifs is 1. The first kappa shape index (κ1) is 16.6. The van der Waals surface area contributed by atoms with Crippen LogP contribution in [-0.2, 0) is 11.3 Å². The molecule has 0 spiro atoms. The van der Waals surface area contributed by atoms with E-state index in [9.17, 15) is 13.6 Å². The molecule has 24 heavy (non-hydrogen) atoms. The van der Waals surface area contributed by atoms with Gasteiger partial charge in [-0.25, -0.2) is 8.78 Å². The monoisotopic (exact) mass is 333 g/mol. The minimum absolute atomic E-state index is 0.0291. The van der Waals surface area contributed by atoms with Gasteiger partial charge in [0.15, 0.2) is 0 Å². The van der Waals surface area contributed by atoms with Crippen LogP contribution in [0.2, 0.25) is 0 Å². The molecule has 4 nitrogen and oxygen atoms in total. The Morgan fingerprint density at radius 2 is 2.17 bits per heavy atom. The fourth-order valence-electron chi connectivity index (χ4n) is 3.13. The lowest BCUT2D eigenvalue weighted by Crippen LogP contribution is -2.26. The van der Waals surface area contributed by atoms with Crippen LogP contribution in [0.25, 0.3) is 10.9 Å². The standard InChI is InChI=1S/C18H21F2N3O/c1-2-17(24)21-15-4-5-16-14(12-15)6-10-23(16)9-3-8-22-11-7-18(19,20)13-22/h2,4-6,10,12H,1,3,7-9,11,13H2,(H,21,24). The number of aromatic nitrogens is 1. The van der Waals surface area contributed by atoms with E-state index in [2.05, 4.69) is 16.5 Å². The molecular weight excluding hydrogens is 312 g/mol. The van der Waals surface area contributed by atoms with E-state index >= 15 is 0 Å². The number of carbonyl (C=O) groups excluding carboxylic acids is 1. The largest absolute Gasteiger partial charge is 0.347 e. The minimum atomic E-state index is -2.52. The number of benzene rings is 1. The molecule has 1 aliphatic heterocycles. The Balaban J connectivity index is 1.59. The second-order valence-corrected chi connectivity index (χ2v) is 6.21. The molecule has 128 valence electrons. The van der Waals surface area contributed by atoms with E-state index in [1.165, 1.54) is 6.08 Å². The number of hydrogen-bond acceptors (Lipinski definition) is 2. The molecule has 3 rings (SSSR count). The third-order valence-corrected chi connectivity index (χ3v) is 4.35. The maximum absolute atomic E-state index is 13.2. The van der Waals surface area contributed by atoms with Gasteiger partial charge in [0.2, 0.25) is 5.91 Å². The summed E-state index contributed by atoms with van der Waals surface area (Å²) in [5.41, 5.74) is 1.79. The van der Waals surface area contributed by atoms with Gasteiger partial charge in [-0.1, -0.05) is 6.58 Å². The van der Waals surface area contributed by atoms with Crippen molar-refractivity contribution in [3.8, 4) is 0 Å². The predicted molar refractivity (Wildman–Crippen MR) is 91.4 cm³/mol. The number of amides is 1. The summed E-state index contributed by atoms with van der Waals surface area (Å²) in [6, 6.07) is 7.70. The van der Waals surface area contributed by atoms with Gasteiger partial charge >= 0.3 is 0 Å². The highest BCUT2D eigenvalue weighted by Crippen LogP contribution is 2.27. The second kappa shape index (κ2) is 6.73. The highest BCUT2D eigenvalue weighted by Gasteiger charge is 2.37. The molecule has 1 N–H and O–H groups in total. The van der Waals surface area contributed by atoms with Gasteiger partial charge in [-0.15, -0.1) is 0 Å². The van der Waals surface area contributed by atoms with E-state index in [-0.39, 0.29) is 18.9 Å². The Morgan fingerprint density at radius 3 is 2.88 bits per heavy atom. The molecule has 1 fully saturated rings. The van der Waals surface area contributed by atoms with Crippen molar-refractivity contribution in [1.29, 1.82) is 0 Å². The van der Waals surface area contributed by atoms with Gasteiger partial charge in [-0.3, -0.25) is 9.69 Å². The van der Waals surface area contributed by atoms with Crippen molar-refractivity contribution in [2.24, 2.45) is 0 Å². The van der Waals surface area contributed by atoms with E-state index in [4.69, 9.17) is 0 Å². The number of alkyl halides is 2. The van der Waals surface area contributed by atoms with Gasteiger partial charge in [-0.2, -0.15) is 0 Å². The lowest BCUT2D eigenvalue weighted by Gasteiger charge is -2.15. The van der Waals surface area contributed by atoms with Crippen LogP contribution in [0.3, 0.4) is 0 Å². The topological polar surface area (TPSA) is 37.3 Å². The molecule has 0 bridgehead atoms. The number of rotatable bonds is 6. The van der Waals surface area contributed by atoms with Crippen LogP contribution in [0.1, 0.15) is 12.8 Å². The molecule has 0 atom stereocenters. The quantitative estimate of drug-likeness (QED) is 0.822. The maximum atomic E-state index is 13.2. The molecule has 2 aromatic rings. The van der Waals surface area contributed by atoms with Gasteiger partial charge < -0.3 is 9.88 Å². The SMILES string of the molecule is C=CC(=O)Nc1ccc2c(ccn2CCCN2CCC(F)(F)C2)c1. The van der Waals surface area contributed by atoms with E-state index in [1.54, 1.807) is 0 Å². The first-order valence-corrected chi connectivity index (χ1v) is 8.09. The minimum Gasteiger partial charge on any atom is -0.347 e. The summed E-state index contributed by atoms with van der Waals surface area (Å²) in [6.07, 6.45) is 4.02. The molecule has 1 saturated heterocycles. The molecule has 0 radical (unpaired) electrons. The number of aryl methyl sites for hydroxylation is 1. The number of hydrogen-bond donors (Lipinski definition) is 1. The third kappa shape index (κ3) is 3.82.